The number of anilines is 2. The van der Waals surface area contributed by atoms with Crippen LogP contribution in [0, 0.1) is 5.92 Å². The molecule has 3 N–H and O–H groups in total. The Kier molecular flexibility index (Phi) is 4.45. The first-order valence-corrected chi connectivity index (χ1v) is 6.54. The van der Waals surface area contributed by atoms with Crippen LogP contribution in [0.25, 0.3) is 0 Å². The molecule has 0 aromatic carbocycles. The van der Waals surface area contributed by atoms with E-state index in [1.54, 1.807) is 0 Å². The molecule has 1 saturated carbocycles. The Labute approximate surface area is 108 Å². The van der Waals surface area contributed by atoms with E-state index in [0.29, 0.717) is 17.5 Å². The second-order valence-corrected chi connectivity index (χ2v) is 4.63. The standard InChI is InChI=1S/C14H21N3O/c1-2-3-4-9-16-13-8-7-12(15)14(17-13)18-10-11-5-6-11/h2-3,7-8,11H,4-6,9-10,15H2,1H3,(H,16,17)/b3-2+. The molecule has 1 aromatic heterocycles. The number of nitrogen functional groups attached to an aromatic ring is 1. The Hall–Kier alpha value is -1.71. The maximum absolute atomic E-state index is 5.85. The van der Waals surface area contributed by atoms with Crippen LogP contribution in [0.15, 0.2) is 24.3 Å². The number of hydrogen-bond acceptors (Lipinski definition) is 4. The van der Waals surface area contributed by atoms with Crippen molar-refractivity contribution in [2.75, 3.05) is 24.2 Å². The third-order valence-corrected chi connectivity index (χ3v) is 2.90. The number of allylic oxidation sites excluding steroid dienone is 1. The van der Waals surface area contributed by atoms with Gasteiger partial charge in [-0.1, -0.05) is 12.2 Å². The van der Waals surface area contributed by atoms with Crippen molar-refractivity contribution in [1.82, 2.24) is 4.98 Å². The summed E-state index contributed by atoms with van der Waals surface area (Å²) >= 11 is 0. The van der Waals surface area contributed by atoms with E-state index in [-0.39, 0.29) is 0 Å². The van der Waals surface area contributed by atoms with Crippen molar-refractivity contribution in [3.05, 3.63) is 24.3 Å². The summed E-state index contributed by atoms with van der Waals surface area (Å²) in [7, 11) is 0. The average molecular weight is 247 g/mol. The van der Waals surface area contributed by atoms with Crippen molar-refractivity contribution in [2.45, 2.75) is 26.2 Å². The van der Waals surface area contributed by atoms with Gasteiger partial charge in [0.15, 0.2) is 0 Å². The van der Waals surface area contributed by atoms with E-state index < -0.39 is 0 Å². The minimum Gasteiger partial charge on any atom is -0.476 e. The van der Waals surface area contributed by atoms with Crippen LogP contribution >= 0.6 is 0 Å². The molecule has 1 aromatic rings. The van der Waals surface area contributed by atoms with Crippen LogP contribution in [0.1, 0.15) is 26.2 Å². The molecule has 1 fully saturated rings. The van der Waals surface area contributed by atoms with Gasteiger partial charge in [0.2, 0.25) is 5.88 Å². The molecule has 0 spiro atoms. The lowest BCUT2D eigenvalue weighted by molar-refractivity contribution is 0.290. The number of aromatic nitrogens is 1. The zero-order valence-electron chi connectivity index (χ0n) is 10.9. The van der Waals surface area contributed by atoms with Crippen molar-refractivity contribution in [2.24, 2.45) is 5.92 Å². The van der Waals surface area contributed by atoms with E-state index in [1.165, 1.54) is 12.8 Å². The van der Waals surface area contributed by atoms with Crippen LogP contribution in [0.4, 0.5) is 11.5 Å². The van der Waals surface area contributed by atoms with Crippen molar-refractivity contribution in [1.29, 1.82) is 0 Å². The first-order chi connectivity index (χ1) is 8.79. The number of ether oxygens (including phenoxy) is 1. The molecule has 0 saturated heterocycles. The minimum atomic E-state index is 0.554. The predicted molar refractivity (Wildman–Crippen MR) is 74.8 cm³/mol. The molecular formula is C14H21N3O. The quantitative estimate of drug-likeness (QED) is 0.574. The molecule has 1 aliphatic carbocycles. The Morgan fingerprint density at radius 3 is 3.06 bits per heavy atom. The monoisotopic (exact) mass is 247 g/mol. The SMILES string of the molecule is C/C=C/CCNc1ccc(N)c(OCC2CC2)n1. The Morgan fingerprint density at radius 2 is 2.33 bits per heavy atom. The van der Waals surface area contributed by atoms with Gasteiger partial charge >= 0.3 is 0 Å². The number of pyridine rings is 1. The van der Waals surface area contributed by atoms with E-state index in [1.807, 2.05) is 25.1 Å². The van der Waals surface area contributed by atoms with E-state index >= 15 is 0 Å². The molecule has 4 heteroatoms. The van der Waals surface area contributed by atoms with Gasteiger partial charge in [-0.05, 0) is 44.2 Å². The number of nitrogens with two attached hydrogens (primary N) is 1. The highest BCUT2D eigenvalue weighted by atomic mass is 16.5. The van der Waals surface area contributed by atoms with Gasteiger partial charge in [0.1, 0.15) is 5.82 Å². The molecule has 98 valence electrons. The van der Waals surface area contributed by atoms with Crippen LogP contribution in [-0.2, 0) is 0 Å². The molecule has 4 nitrogen and oxygen atoms in total. The van der Waals surface area contributed by atoms with E-state index in [9.17, 15) is 0 Å². The summed E-state index contributed by atoms with van der Waals surface area (Å²) in [5.74, 6) is 2.08. The van der Waals surface area contributed by atoms with Crippen LogP contribution in [0.3, 0.4) is 0 Å². The summed E-state index contributed by atoms with van der Waals surface area (Å²) in [6.07, 6.45) is 7.68. The fourth-order valence-corrected chi connectivity index (χ4v) is 1.60. The highest BCUT2D eigenvalue weighted by molar-refractivity contribution is 5.53. The van der Waals surface area contributed by atoms with Gasteiger partial charge in [0.25, 0.3) is 0 Å². The van der Waals surface area contributed by atoms with E-state index in [4.69, 9.17) is 10.5 Å². The lowest BCUT2D eigenvalue weighted by Crippen LogP contribution is -2.07. The number of nitrogens with zero attached hydrogens (tertiary/aromatic N) is 1. The summed E-state index contributed by atoms with van der Waals surface area (Å²) in [5, 5.41) is 3.25. The van der Waals surface area contributed by atoms with Crippen molar-refractivity contribution in [3.63, 3.8) is 0 Å². The number of hydrogen-bond donors (Lipinski definition) is 2. The maximum atomic E-state index is 5.85. The molecule has 0 atom stereocenters. The van der Waals surface area contributed by atoms with E-state index in [2.05, 4.69) is 16.4 Å². The van der Waals surface area contributed by atoms with Gasteiger partial charge in [-0.25, -0.2) is 0 Å². The predicted octanol–water partition coefficient (Wildman–Crippen LogP) is 2.83. The molecule has 1 heterocycles. The number of nitrogens with one attached hydrogen (secondary N) is 1. The Balaban J connectivity index is 1.87. The van der Waals surface area contributed by atoms with Crippen LogP contribution in [-0.4, -0.2) is 18.1 Å². The largest absolute Gasteiger partial charge is 0.476 e. The molecule has 0 unspecified atom stereocenters. The van der Waals surface area contributed by atoms with Crippen LogP contribution < -0.4 is 15.8 Å². The van der Waals surface area contributed by atoms with Crippen LogP contribution in [0.5, 0.6) is 5.88 Å². The minimum absolute atomic E-state index is 0.554. The zero-order chi connectivity index (χ0) is 12.8. The third-order valence-electron chi connectivity index (χ3n) is 2.90. The molecule has 0 radical (unpaired) electrons. The molecule has 2 rings (SSSR count). The first-order valence-electron chi connectivity index (χ1n) is 6.54. The lowest BCUT2D eigenvalue weighted by Gasteiger charge is -2.10. The fraction of sp³-hybridized carbons (Fsp3) is 0.500. The summed E-state index contributed by atoms with van der Waals surface area (Å²) < 4.78 is 5.64. The lowest BCUT2D eigenvalue weighted by atomic mass is 10.3. The fourth-order valence-electron chi connectivity index (χ4n) is 1.60. The van der Waals surface area contributed by atoms with Crippen molar-refractivity contribution in [3.8, 4) is 5.88 Å². The topological polar surface area (TPSA) is 60.2 Å². The summed E-state index contributed by atoms with van der Waals surface area (Å²) in [6, 6.07) is 3.72. The summed E-state index contributed by atoms with van der Waals surface area (Å²) in [4.78, 5) is 4.39. The van der Waals surface area contributed by atoms with E-state index in [0.717, 1.165) is 25.4 Å². The molecule has 1 aliphatic rings. The van der Waals surface area contributed by atoms with Gasteiger partial charge in [0.05, 0.1) is 12.3 Å². The third kappa shape index (κ3) is 3.95. The second-order valence-electron chi connectivity index (χ2n) is 4.63. The normalized spacial score (nSPS) is 14.9. The van der Waals surface area contributed by atoms with Gasteiger partial charge in [-0.2, -0.15) is 4.98 Å². The summed E-state index contributed by atoms with van der Waals surface area (Å²) in [6.45, 7) is 3.62. The molecular weight excluding hydrogens is 226 g/mol. The van der Waals surface area contributed by atoms with Gasteiger partial charge in [-0.15, -0.1) is 0 Å². The first kappa shape index (κ1) is 12.7. The highest BCUT2D eigenvalue weighted by Crippen LogP contribution is 2.30. The van der Waals surface area contributed by atoms with Crippen molar-refractivity contribution >= 4 is 11.5 Å². The van der Waals surface area contributed by atoms with Gasteiger partial charge < -0.3 is 15.8 Å². The molecule has 0 amide bonds. The van der Waals surface area contributed by atoms with Gasteiger partial charge in [0, 0.05) is 6.54 Å². The zero-order valence-corrected chi connectivity index (χ0v) is 10.9. The Morgan fingerprint density at radius 1 is 1.50 bits per heavy atom. The van der Waals surface area contributed by atoms with Crippen LogP contribution in [0.2, 0.25) is 0 Å². The summed E-state index contributed by atoms with van der Waals surface area (Å²) in [5.41, 5.74) is 6.45. The smallest absolute Gasteiger partial charge is 0.239 e. The molecule has 18 heavy (non-hydrogen) atoms. The average Bonchev–Trinajstić information content (AvgIpc) is 3.19. The molecule has 0 bridgehead atoms. The molecule has 0 aliphatic heterocycles. The second kappa shape index (κ2) is 6.28. The van der Waals surface area contributed by atoms with Gasteiger partial charge in [-0.3, -0.25) is 0 Å². The highest BCUT2D eigenvalue weighted by Gasteiger charge is 2.22. The number of rotatable bonds is 7. The Bertz CT molecular complexity index is 414. The van der Waals surface area contributed by atoms with Crippen molar-refractivity contribution < 1.29 is 4.74 Å². The maximum Gasteiger partial charge on any atom is 0.239 e.